The average Bonchev–Trinajstić information content (AvgIpc) is 2.28. The standard InChI is InChI=1S/C13H17FN2O3/c1-13(2,3)19-12(18)16-10-6-8(11(17)7-15)4-5-9(10)14/h4-6H,7,15H2,1-3H3,(H,16,18). The highest BCUT2D eigenvalue weighted by molar-refractivity contribution is 5.99. The Balaban J connectivity index is 2.88. The molecule has 1 aromatic carbocycles. The molecule has 1 aromatic rings. The van der Waals surface area contributed by atoms with Crippen LogP contribution in [0.25, 0.3) is 0 Å². The summed E-state index contributed by atoms with van der Waals surface area (Å²) in [7, 11) is 0. The zero-order valence-electron chi connectivity index (χ0n) is 11.1. The van der Waals surface area contributed by atoms with Crippen LogP contribution >= 0.6 is 0 Å². The summed E-state index contributed by atoms with van der Waals surface area (Å²) in [6.07, 6.45) is -0.788. The van der Waals surface area contributed by atoms with Gasteiger partial charge in [-0.25, -0.2) is 9.18 Å². The molecule has 104 valence electrons. The molecule has 19 heavy (non-hydrogen) atoms. The minimum absolute atomic E-state index is 0.117. The van der Waals surface area contributed by atoms with Gasteiger partial charge >= 0.3 is 6.09 Å². The Kier molecular flexibility index (Phi) is 4.61. The van der Waals surface area contributed by atoms with E-state index in [1.807, 2.05) is 0 Å². The number of rotatable bonds is 3. The van der Waals surface area contributed by atoms with Crippen LogP contribution in [0.1, 0.15) is 31.1 Å². The number of Topliss-reactive ketones (excluding diaryl/α,β-unsaturated/α-hetero) is 1. The second-order valence-electron chi connectivity index (χ2n) is 4.95. The summed E-state index contributed by atoms with van der Waals surface area (Å²) in [5.41, 5.74) is 4.65. The molecule has 0 aliphatic heterocycles. The van der Waals surface area contributed by atoms with Gasteiger partial charge in [-0.3, -0.25) is 10.1 Å². The molecule has 0 aliphatic rings. The monoisotopic (exact) mass is 268 g/mol. The van der Waals surface area contributed by atoms with E-state index in [1.165, 1.54) is 12.1 Å². The summed E-state index contributed by atoms with van der Waals surface area (Å²) < 4.78 is 18.5. The molecule has 0 unspecified atom stereocenters. The Morgan fingerprint density at radius 2 is 2.00 bits per heavy atom. The van der Waals surface area contributed by atoms with E-state index in [-0.39, 0.29) is 23.6 Å². The van der Waals surface area contributed by atoms with E-state index in [0.29, 0.717) is 0 Å². The maximum Gasteiger partial charge on any atom is 0.412 e. The highest BCUT2D eigenvalue weighted by Crippen LogP contribution is 2.18. The Hall–Kier alpha value is -1.95. The fourth-order valence-electron chi connectivity index (χ4n) is 1.33. The second-order valence-corrected chi connectivity index (χ2v) is 4.95. The van der Waals surface area contributed by atoms with Crippen molar-refractivity contribution in [2.24, 2.45) is 5.73 Å². The van der Waals surface area contributed by atoms with Crippen molar-refractivity contribution in [3.05, 3.63) is 29.6 Å². The number of anilines is 1. The van der Waals surface area contributed by atoms with E-state index in [0.717, 1.165) is 6.07 Å². The largest absolute Gasteiger partial charge is 0.444 e. The Bertz CT molecular complexity index is 495. The molecule has 0 saturated carbocycles. The lowest BCUT2D eigenvalue weighted by Crippen LogP contribution is -2.27. The van der Waals surface area contributed by atoms with Crippen molar-refractivity contribution in [2.75, 3.05) is 11.9 Å². The van der Waals surface area contributed by atoms with Gasteiger partial charge in [0.2, 0.25) is 0 Å². The minimum atomic E-state index is -0.788. The van der Waals surface area contributed by atoms with Gasteiger partial charge in [0.25, 0.3) is 0 Å². The van der Waals surface area contributed by atoms with E-state index in [2.05, 4.69) is 5.32 Å². The number of benzene rings is 1. The maximum absolute atomic E-state index is 13.5. The summed E-state index contributed by atoms with van der Waals surface area (Å²) in [5, 5.41) is 2.26. The number of amides is 1. The first kappa shape index (κ1) is 15.1. The number of ketones is 1. The van der Waals surface area contributed by atoms with Gasteiger partial charge < -0.3 is 10.5 Å². The third-order valence-electron chi connectivity index (χ3n) is 2.11. The number of halogens is 1. The molecule has 0 fully saturated rings. The smallest absolute Gasteiger partial charge is 0.412 e. The van der Waals surface area contributed by atoms with Gasteiger partial charge in [-0.15, -0.1) is 0 Å². The van der Waals surface area contributed by atoms with E-state index < -0.39 is 17.5 Å². The van der Waals surface area contributed by atoms with Gasteiger partial charge in [-0.2, -0.15) is 0 Å². The molecule has 1 amide bonds. The van der Waals surface area contributed by atoms with Gasteiger partial charge in [0.1, 0.15) is 11.4 Å². The molecule has 0 heterocycles. The highest BCUT2D eigenvalue weighted by atomic mass is 19.1. The first-order chi connectivity index (χ1) is 8.73. The van der Waals surface area contributed by atoms with Crippen LogP contribution in [-0.4, -0.2) is 24.0 Å². The lowest BCUT2D eigenvalue weighted by atomic mass is 10.1. The first-order valence-electron chi connectivity index (χ1n) is 5.76. The number of nitrogens with two attached hydrogens (primary N) is 1. The fourth-order valence-corrected chi connectivity index (χ4v) is 1.33. The molecule has 5 nitrogen and oxygen atoms in total. The van der Waals surface area contributed by atoms with E-state index in [1.54, 1.807) is 20.8 Å². The SMILES string of the molecule is CC(C)(C)OC(=O)Nc1cc(C(=O)CN)ccc1F. The molecular formula is C13H17FN2O3. The summed E-state index contributed by atoms with van der Waals surface area (Å²) in [6.45, 7) is 4.89. The zero-order valence-corrected chi connectivity index (χ0v) is 11.1. The first-order valence-corrected chi connectivity index (χ1v) is 5.76. The molecule has 0 atom stereocenters. The molecule has 0 spiro atoms. The molecule has 0 aliphatic carbocycles. The van der Waals surface area contributed by atoms with Gasteiger partial charge in [0.05, 0.1) is 12.2 Å². The van der Waals surface area contributed by atoms with Gasteiger partial charge in [0, 0.05) is 5.56 Å². The Labute approximate surface area is 110 Å². The minimum Gasteiger partial charge on any atom is -0.444 e. The van der Waals surface area contributed by atoms with Crippen LogP contribution in [0.4, 0.5) is 14.9 Å². The number of hydrogen-bond acceptors (Lipinski definition) is 4. The Morgan fingerprint density at radius 3 is 2.53 bits per heavy atom. The average molecular weight is 268 g/mol. The van der Waals surface area contributed by atoms with Gasteiger partial charge in [-0.05, 0) is 39.0 Å². The number of carbonyl (C=O) groups is 2. The van der Waals surface area contributed by atoms with Crippen molar-refractivity contribution in [2.45, 2.75) is 26.4 Å². The topological polar surface area (TPSA) is 81.4 Å². The molecule has 0 radical (unpaired) electrons. The molecule has 1 rings (SSSR count). The van der Waals surface area contributed by atoms with Crippen LogP contribution in [0, 0.1) is 5.82 Å². The molecule has 0 bridgehead atoms. The van der Waals surface area contributed by atoms with Crippen molar-refractivity contribution in [1.29, 1.82) is 0 Å². The number of hydrogen-bond donors (Lipinski definition) is 2. The van der Waals surface area contributed by atoms with Crippen LogP contribution < -0.4 is 11.1 Å². The van der Waals surface area contributed by atoms with Gasteiger partial charge in [-0.1, -0.05) is 0 Å². The predicted octanol–water partition coefficient (Wildman–Crippen LogP) is 2.31. The van der Waals surface area contributed by atoms with Crippen molar-refractivity contribution in [3.8, 4) is 0 Å². The summed E-state index contributed by atoms with van der Waals surface area (Å²) >= 11 is 0. The lowest BCUT2D eigenvalue weighted by Gasteiger charge is -2.19. The number of ether oxygens (including phenoxy) is 1. The fraction of sp³-hybridized carbons (Fsp3) is 0.385. The van der Waals surface area contributed by atoms with Crippen molar-refractivity contribution < 1.29 is 18.7 Å². The molecule has 0 aromatic heterocycles. The number of carbonyl (C=O) groups excluding carboxylic acids is 2. The third kappa shape index (κ3) is 4.67. The van der Waals surface area contributed by atoms with Crippen LogP contribution in [0.2, 0.25) is 0 Å². The van der Waals surface area contributed by atoms with Crippen LogP contribution in [-0.2, 0) is 4.74 Å². The van der Waals surface area contributed by atoms with Crippen molar-refractivity contribution in [1.82, 2.24) is 0 Å². The van der Waals surface area contributed by atoms with Crippen LogP contribution in [0.3, 0.4) is 0 Å². The van der Waals surface area contributed by atoms with E-state index in [9.17, 15) is 14.0 Å². The maximum atomic E-state index is 13.5. The van der Waals surface area contributed by atoms with Crippen LogP contribution in [0.5, 0.6) is 0 Å². The van der Waals surface area contributed by atoms with E-state index >= 15 is 0 Å². The quantitative estimate of drug-likeness (QED) is 0.824. The van der Waals surface area contributed by atoms with Gasteiger partial charge in [0.15, 0.2) is 5.78 Å². The predicted molar refractivity (Wildman–Crippen MR) is 69.6 cm³/mol. The molecule has 0 saturated heterocycles. The van der Waals surface area contributed by atoms with E-state index in [4.69, 9.17) is 10.5 Å². The highest BCUT2D eigenvalue weighted by Gasteiger charge is 2.18. The van der Waals surface area contributed by atoms with Crippen molar-refractivity contribution >= 4 is 17.6 Å². The van der Waals surface area contributed by atoms with Crippen LogP contribution in [0.15, 0.2) is 18.2 Å². The molecule has 6 heteroatoms. The lowest BCUT2D eigenvalue weighted by molar-refractivity contribution is 0.0635. The summed E-state index contributed by atoms with van der Waals surface area (Å²) in [4.78, 5) is 22.9. The zero-order chi connectivity index (χ0) is 14.6. The second kappa shape index (κ2) is 5.79. The molecule has 3 N–H and O–H groups in total. The Morgan fingerprint density at radius 1 is 1.37 bits per heavy atom. The normalized spacial score (nSPS) is 11.0. The summed E-state index contributed by atoms with van der Waals surface area (Å²) in [5.74, 6) is -0.994. The molecular weight excluding hydrogens is 251 g/mol. The summed E-state index contributed by atoms with van der Waals surface area (Å²) in [6, 6.07) is 3.63. The third-order valence-corrected chi connectivity index (χ3v) is 2.11. The number of nitrogens with one attached hydrogen (secondary N) is 1. The van der Waals surface area contributed by atoms with Crippen molar-refractivity contribution in [3.63, 3.8) is 0 Å².